The standard InChI is InChI=1S/C28H30F3N3O4/c1-38-16-6-11-23-32(17-28(29,30)31)27(37)25-26(36)22(35)14-15-33(25)34(23)24-20-9-4-2-7-18(20)12-13-19-8-3-5-10-21(19)24/h2-4,7-9,14-15,23-24,36H,5-6,10-13,16-17H2,1H3. The van der Waals surface area contributed by atoms with E-state index < -0.39 is 47.7 Å². The van der Waals surface area contributed by atoms with Gasteiger partial charge in [0.15, 0.2) is 11.4 Å². The first-order chi connectivity index (χ1) is 18.2. The molecule has 0 bridgehead atoms. The van der Waals surface area contributed by atoms with Crippen LogP contribution in [-0.4, -0.2) is 53.2 Å². The highest BCUT2D eigenvalue weighted by atomic mass is 19.4. The predicted molar refractivity (Wildman–Crippen MR) is 135 cm³/mol. The molecule has 2 heterocycles. The number of aromatic hydroxyl groups is 1. The quantitative estimate of drug-likeness (QED) is 0.554. The van der Waals surface area contributed by atoms with Gasteiger partial charge >= 0.3 is 6.18 Å². The number of carbonyl (C=O) groups is 1. The van der Waals surface area contributed by atoms with Gasteiger partial charge < -0.3 is 14.7 Å². The molecule has 5 rings (SSSR count). The summed E-state index contributed by atoms with van der Waals surface area (Å²) < 4.78 is 48.3. The van der Waals surface area contributed by atoms with Crippen molar-refractivity contribution in [2.45, 2.75) is 56.9 Å². The van der Waals surface area contributed by atoms with Crippen molar-refractivity contribution in [3.8, 4) is 5.75 Å². The number of aryl methyl sites for hydroxylation is 1. The molecule has 38 heavy (non-hydrogen) atoms. The minimum absolute atomic E-state index is 0.194. The van der Waals surface area contributed by atoms with Crippen molar-refractivity contribution in [2.75, 3.05) is 25.3 Å². The van der Waals surface area contributed by atoms with E-state index in [1.54, 1.807) is 5.01 Å². The zero-order chi connectivity index (χ0) is 27.0. The van der Waals surface area contributed by atoms with Crippen LogP contribution in [0, 0.1) is 0 Å². The normalized spacial score (nSPS) is 21.2. The van der Waals surface area contributed by atoms with Gasteiger partial charge in [0.05, 0.1) is 6.04 Å². The lowest BCUT2D eigenvalue weighted by molar-refractivity contribution is -0.147. The van der Waals surface area contributed by atoms with Crippen LogP contribution in [0.2, 0.25) is 0 Å². The number of aromatic nitrogens is 1. The molecule has 3 aliphatic rings. The predicted octanol–water partition coefficient (Wildman–Crippen LogP) is 4.60. The number of halogens is 3. The Morgan fingerprint density at radius 3 is 2.66 bits per heavy atom. The first-order valence-electron chi connectivity index (χ1n) is 12.8. The Bertz CT molecular complexity index is 1350. The monoisotopic (exact) mass is 529 g/mol. The van der Waals surface area contributed by atoms with Crippen molar-refractivity contribution >= 4 is 5.91 Å². The molecule has 2 unspecified atom stereocenters. The summed E-state index contributed by atoms with van der Waals surface area (Å²) in [6.45, 7) is -1.21. The number of hydrogen-bond donors (Lipinski definition) is 1. The van der Waals surface area contributed by atoms with E-state index in [0.717, 1.165) is 52.5 Å². The molecule has 0 spiro atoms. The number of fused-ring (bicyclic) bond motifs is 2. The Labute approximate surface area is 218 Å². The van der Waals surface area contributed by atoms with Crippen LogP contribution in [0.4, 0.5) is 13.2 Å². The average molecular weight is 530 g/mol. The molecule has 2 aromatic rings. The van der Waals surface area contributed by atoms with Crippen LogP contribution in [0.3, 0.4) is 0 Å². The van der Waals surface area contributed by atoms with Gasteiger partial charge in [0, 0.05) is 26.0 Å². The fraction of sp³-hybridized carbons (Fsp3) is 0.429. The molecule has 0 radical (unpaired) electrons. The highest BCUT2D eigenvalue weighted by Crippen LogP contribution is 2.44. The summed E-state index contributed by atoms with van der Waals surface area (Å²) in [7, 11) is 1.52. The molecule has 202 valence electrons. The van der Waals surface area contributed by atoms with Gasteiger partial charge in [-0.15, -0.1) is 0 Å². The summed E-state index contributed by atoms with van der Waals surface area (Å²) in [6.07, 6.45) is 3.53. The number of benzene rings is 1. The van der Waals surface area contributed by atoms with E-state index in [1.807, 2.05) is 24.3 Å². The third-order valence-electron chi connectivity index (χ3n) is 7.51. The fourth-order valence-corrected chi connectivity index (χ4v) is 5.91. The maximum Gasteiger partial charge on any atom is 0.406 e. The lowest BCUT2D eigenvalue weighted by Crippen LogP contribution is -2.64. The van der Waals surface area contributed by atoms with Crippen LogP contribution in [0.1, 0.15) is 59.8 Å². The third-order valence-corrected chi connectivity index (χ3v) is 7.51. The smallest absolute Gasteiger partial charge is 0.406 e. The van der Waals surface area contributed by atoms with Gasteiger partial charge in [-0.2, -0.15) is 13.2 Å². The highest BCUT2D eigenvalue weighted by molar-refractivity contribution is 5.96. The molecule has 1 N–H and O–H groups in total. The van der Waals surface area contributed by atoms with Crippen molar-refractivity contribution in [1.29, 1.82) is 0 Å². The SMILES string of the molecule is COCCCC1N(CC(F)(F)F)C(=O)c2c(O)c(=O)ccn2N1C1C2=C(C=CCC2)CCc2ccccc21. The van der Waals surface area contributed by atoms with Gasteiger partial charge in [-0.25, -0.2) is 0 Å². The number of hydrogen-bond acceptors (Lipinski definition) is 5. The topological polar surface area (TPSA) is 75.0 Å². The molecule has 1 aliphatic heterocycles. The van der Waals surface area contributed by atoms with E-state index in [0.29, 0.717) is 19.4 Å². The maximum atomic E-state index is 13.9. The molecular formula is C28H30F3N3O4. The molecule has 1 amide bonds. The van der Waals surface area contributed by atoms with E-state index in [1.165, 1.54) is 18.0 Å². The number of alkyl halides is 3. The number of nitrogens with zero attached hydrogens (tertiary/aromatic N) is 3. The van der Waals surface area contributed by atoms with Crippen LogP contribution in [0.5, 0.6) is 5.75 Å². The van der Waals surface area contributed by atoms with Crippen molar-refractivity contribution in [1.82, 2.24) is 9.58 Å². The number of allylic oxidation sites excluding steroid dienone is 3. The van der Waals surface area contributed by atoms with E-state index in [2.05, 4.69) is 12.2 Å². The van der Waals surface area contributed by atoms with Crippen LogP contribution in [0.15, 0.2) is 64.6 Å². The summed E-state index contributed by atoms with van der Waals surface area (Å²) >= 11 is 0. The Morgan fingerprint density at radius 1 is 1.11 bits per heavy atom. The van der Waals surface area contributed by atoms with Crippen LogP contribution >= 0.6 is 0 Å². The second-order valence-electron chi connectivity index (χ2n) is 9.86. The first kappa shape index (κ1) is 26.1. The number of amides is 1. The van der Waals surface area contributed by atoms with Gasteiger partial charge in [0.25, 0.3) is 5.91 Å². The van der Waals surface area contributed by atoms with Gasteiger partial charge in [0.2, 0.25) is 5.43 Å². The Kier molecular flexibility index (Phi) is 7.09. The molecule has 10 heteroatoms. The molecule has 1 aromatic carbocycles. The van der Waals surface area contributed by atoms with Gasteiger partial charge in [-0.1, -0.05) is 36.4 Å². The Hall–Kier alpha value is -3.53. The number of ether oxygens (including phenoxy) is 1. The van der Waals surface area contributed by atoms with Crippen LogP contribution in [0.25, 0.3) is 0 Å². The zero-order valence-electron chi connectivity index (χ0n) is 21.1. The van der Waals surface area contributed by atoms with E-state index in [-0.39, 0.29) is 6.42 Å². The minimum Gasteiger partial charge on any atom is -0.502 e. The highest BCUT2D eigenvalue weighted by Gasteiger charge is 2.47. The van der Waals surface area contributed by atoms with Crippen molar-refractivity contribution < 1.29 is 27.8 Å². The largest absolute Gasteiger partial charge is 0.502 e. The fourth-order valence-electron chi connectivity index (χ4n) is 5.91. The average Bonchev–Trinajstić information content (AvgIpc) is 3.05. The lowest BCUT2D eigenvalue weighted by atomic mass is 9.87. The van der Waals surface area contributed by atoms with Gasteiger partial charge in [-0.3, -0.25) is 19.3 Å². The lowest BCUT2D eigenvalue weighted by Gasteiger charge is -2.51. The molecule has 0 fully saturated rings. The van der Waals surface area contributed by atoms with Gasteiger partial charge in [-0.05, 0) is 60.8 Å². The van der Waals surface area contributed by atoms with Crippen LogP contribution in [-0.2, 0) is 11.2 Å². The number of rotatable bonds is 6. The van der Waals surface area contributed by atoms with E-state index in [9.17, 15) is 27.9 Å². The molecule has 0 saturated heterocycles. The minimum atomic E-state index is -4.69. The molecule has 1 aromatic heterocycles. The summed E-state index contributed by atoms with van der Waals surface area (Å²) in [4.78, 5) is 26.7. The second kappa shape index (κ2) is 10.3. The molecule has 2 atom stereocenters. The van der Waals surface area contributed by atoms with Crippen molar-refractivity contribution in [2.24, 2.45) is 0 Å². The first-order valence-corrected chi connectivity index (χ1v) is 12.8. The zero-order valence-corrected chi connectivity index (χ0v) is 21.1. The molecule has 2 aliphatic carbocycles. The second-order valence-corrected chi connectivity index (χ2v) is 9.86. The maximum absolute atomic E-state index is 13.9. The third kappa shape index (κ3) is 4.73. The van der Waals surface area contributed by atoms with Crippen molar-refractivity contribution in [3.05, 3.63) is 86.9 Å². The molecule has 0 saturated carbocycles. The van der Waals surface area contributed by atoms with E-state index in [4.69, 9.17) is 4.74 Å². The Morgan fingerprint density at radius 2 is 1.89 bits per heavy atom. The summed E-state index contributed by atoms with van der Waals surface area (Å²) in [5.74, 6) is -1.89. The number of carbonyl (C=O) groups excluding carboxylic acids is 1. The summed E-state index contributed by atoms with van der Waals surface area (Å²) in [6, 6.07) is 8.49. The van der Waals surface area contributed by atoms with Crippen molar-refractivity contribution in [3.63, 3.8) is 0 Å². The summed E-state index contributed by atoms with van der Waals surface area (Å²) in [5.41, 5.74) is 2.92. The molecular weight excluding hydrogens is 499 g/mol. The Balaban J connectivity index is 1.79. The summed E-state index contributed by atoms with van der Waals surface area (Å²) in [5, 5.41) is 12.5. The van der Waals surface area contributed by atoms with E-state index >= 15 is 0 Å². The van der Waals surface area contributed by atoms with Gasteiger partial charge in [0.1, 0.15) is 12.7 Å². The number of methoxy groups -OCH3 is 1. The van der Waals surface area contributed by atoms with Crippen LogP contribution < -0.4 is 10.4 Å². The number of pyridine rings is 1. The molecule has 7 nitrogen and oxygen atoms in total.